The maximum absolute atomic E-state index is 11.6. The van der Waals surface area contributed by atoms with Crippen LogP contribution in [0.3, 0.4) is 0 Å². The third kappa shape index (κ3) is 7.06. The van der Waals surface area contributed by atoms with Gasteiger partial charge in [0.05, 0.1) is 24.2 Å². The smallest absolute Gasteiger partial charge is 0.270 e. The largest absolute Gasteiger partial charge is 0.494 e. The summed E-state index contributed by atoms with van der Waals surface area (Å²) in [5, 5.41) is 26.2. The van der Waals surface area contributed by atoms with E-state index in [0.717, 1.165) is 25.7 Å². The Kier molecular flexibility index (Phi) is 11.1. The lowest BCUT2D eigenvalue weighted by Gasteiger charge is -2.46. The van der Waals surface area contributed by atoms with Crippen molar-refractivity contribution < 1.29 is 29.0 Å². The van der Waals surface area contributed by atoms with Gasteiger partial charge >= 0.3 is 0 Å². The monoisotopic (exact) mass is 476 g/mol. The van der Waals surface area contributed by atoms with Crippen molar-refractivity contribution in [2.24, 2.45) is 0 Å². The van der Waals surface area contributed by atoms with E-state index in [2.05, 4.69) is 19.2 Å². The van der Waals surface area contributed by atoms with Gasteiger partial charge in [-0.15, -0.1) is 0 Å². The summed E-state index contributed by atoms with van der Waals surface area (Å²) in [5.41, 5.74) is -0.367. The minimum absolute atomic E-state index is 0.0750. The number of carbonyl (C=O) groups excluding carboxylic acids is 1. The Morgan fingerprint density at radius 1 is 1.29 bits per heavy atom. The third-order valence-corrected chi connectivity index (χ3v) is 5.90. The molecule has 1 aliphatic heterocycles. The molecule has 0 amide bonds. The predicted molar refractivity (Wildman–Crippen MR) is 128 cm³/mol. The van der Waals surface area contributed by atoms with Crippen LogP contribution in [0.4, 0.5) is 5.69 Å². The summed E-state index contributed by atoms with van der Waals surface area (Å²) in [6.45, 7) is 6.62. The molecule has 1 aromatic rings. The van der Waals surface area contributed by atoms with Gasteiger partial charge in [-0.1, -0.05) is 26.7 Å². The maximum atomic E-state index is 11.6. The Balaban J connectivity index is 2.44. The van der Waals surface area contributed by atoms with Crippen molar-refractivity contribution in [1.82, 2.24) is 5.32 Å². The highest BCUT2D eigenvalue weighted by atomic mass is 16.6. The van der Waals surface area contributed by atoms with E-state index in [9.17, 15) is 20.0 Å². The van der Waals surface area contributed by atoms with Crippen LogP contribution in [-0.4, -0.2) is 47.5 Å². The Morgan fingerprint density at radius 2 is 2.00 bits per heavy atom. The van der Waals surface area contributed by atoms with Gasteiger partial charge in [0, 0.05) is 30.0 Å². The van der Waals surface area contributed by atoms with Crippen LogP contribution >= 0.6 is 0 Å². The summed E-state index contributed by atoms with van der Waals surface area (Å²) in [6, 6.07) is 3.83. The van der Waals surface area contributed by atoms with Gasteiger partial charge in [0.25, 0.3) is 5.69 Å². The lowest BCUT2D eigenvalue weighted by Crippen LogP contribution is -2.55. The van der Waals surface area contributed by atoms with Crippen molar-refractivity contribution in [2.45, 2.75) is 77.0 Å². The van der Waals surface area contributed by atoms with Gasteiger partial charge in [-0.25, -0.2) is 4.79 Å². The number of hydrogen-bond donors (Lipinski definition) is 2. The molecular weight excluding hydrogens is 440 g/mol. The number of non-ortho nitro benzene ring substituents is 1. The average Bonchev–Trinajstić information content (AvgIpc) is 2.83. The second kappa shape index (κ2) is 13.7. The van der Waals surface area contributed by atoms with Gasteiger partial charge < -0.3 is 24.6 Å². The highest BCUT2D eigenvalue weighted by Crippen LogP contribution is 2.45. The second-order valence-corrected chi connectivity index (χ2v) is 8.32. The third-order valence-electron chi connectivity index (χ3n) is 5.90. The first-order valence-corrected chi connectivity index (χ1v) is 11.9. The van der Waals surface area contributed by atoms with E-state index in [0.29, 0.717) is 36.5 Å². The van der Waals surface area contributed by atoms with E-state index in [1.165, 1.54) is 18.2 Å². The molecule has 1 aromatic carbocycles. The van der Waals surface area contributed by atoms with Gasteiger partial charge in [-0.3, -0.25) is 10.1 Å². The molecule has 2 rings (SSSR count). The molecule has 0 saturated carbocycles. The number of ether oxygens (including phenoxy) is 3. The fourth-order valence-corrected chi connectivity index (χ4v) is 4.14. The van der Waals surface area contributed by atoms with Gasteiger partial charge in [-0.2, -0.15) is 0 Å². The molecule has 1 aliphatic rings. The van der Waals surface area contributed by atoms with E-state index in [1.807, 2.05) is 6.92 Å². The quantitative estimate of drug-likeness (QED) is 0.126. The Bertz CT molecular complexity index is 872. The van der Waals surface area contributed by atoms with Crippen LogP contribution in [0.15, 0.2) is 36.2 Å². The van der Waals surface area contributed by atoms with Crippen molar-refractivity contribution >= 4 is 11.6 Å². The molecule has 1 heterocycles. The van der Waals surface area contributed by atoms with E-state index >= 15 is 0 Å². The number of aliphatic hydroxyl groups excluding tert-OH is 1. The molecule has 0 spiro atoms. The van der Waals surface area contributed by atoms with Crippen LogP contribution in [0.2, 0.25) is 0 Å². The molecule has 0 saturated heterocycles. The number of nitro groups is 1. The molecule has 188 valence electrons. The zero-order valence-electron chi connectivity index (χ0n) is 20.2. The Hall–Kier alpha value is -2.87. The molecular formula is C25H36N2O7. The van der Waals surface area contributed by atoms with Crippen molar-refractivity contribution in [1.29, 1.82) is 0 Å². The van der Waals surface area contributed by atoms with Gasteiger partial charge in [0.15, 0.2) is 0 Å². The lowest BCUT2D eigenvalue weighted by molar-refractivity contribution is -0.385. The summed E-state index contributed by atoms with van der Waals surface area (Å²) in [4.78, 5) is 21.3. The normalized spacial score (nSPS) is 18.9. The van der Waals surface area contributed by atoms with Crippen LogP contribution in [-0.2, 0) is 14.3 Å². The number of nitro benzene ring substituents is 1. The number of nitrogens with one attached hydrogen (secondary N) is 1. The van der Waals surface area contributed by atoms with Crippen molar-refractivity contribution in [2.75, 3.05) is 19.8 Å². The summed E-state index contributed by atoms with van der Waals surface area (Å²) in [5.74, 6) is 2.65. The highest BCUT2D eigenvalue weighted by Gasteiger charge is 2.48. The standard InChI is InChI=1S/C25H36N2O7/c1-4-7-12-25(13-8-5-2)24(29)23(21-16-19(27(30)31)10-11-22(21)34-25)26-17-20(33-6-3)18-32-15-9-14-28/h9-11,16-17,23-24,26,29H,4-8,12-13,15,18H2,1-3H3/t23-,24+/m1/s1. The molecule has 0 fully saturated rings. The Labute approximate surface area is 200 Å². The van der Waals surface area contributed by atoms with E-state index in [4.69, 9.17) is 14.2 Å². The maximum Gasteiger partial charge on any atom is 0.270 e. The van der Waals surface area contributed by atoms with Crippen LogP contribution in [0.5, 0.6) is 5.75 Å². The molecule has 0 radical (unpaired) electrons. The minimum Gasteiger partial charge on any atom is -0.494 e. The molecule has 2 N–H and O–H groups in total. The van der Waals surface area contributed by atoms with Crippen molar-refractivity contribution in [3.8, 4) is 5.75 Å². The first-order valence-electron chi connectivity index (χ1n) is 11.9. The SMILES string of the molecule is CCCCC1(CCCC)Oc2ccc([N+](=O)[O-])cc2[C@@H](NC=C(COCC=C=O)OCC)[C@@H]1O. The molecule has 34 heavy (non-hydrogen) atoms. The molecule has 9 nitrogen and oxygen atoms in total. The summed E-state index contributed by atoms with van der Waals surface area (Å²) in [7, 11) is 0. The number of nitrogens with zero attached hydrogens (tertiary/aromatic N) is 1. The Morgan fingerprint density at radius 3 is 2.59 bits per heavy atom. The number of aliphatic hydroxyl groups is 1. The summed E-state index contributed by atoms with van der Waals surface area (Å²) < 4.78 is 17.4. The van der Waals surface area contributed by atoms with Gasteiger partial charge in [-0.05, 0) is 38.7 Å². The fourth-order valence-electron chi connectivity index (χ4n) is 4.14. The first kappa shape index (κ1) is 27.4. The van der Waals surface area contributed by atoms with E-state index in [-0.39, 0.29) is 18.9 Å². The molecule has 0 aliphatic carbocycles. The van der Waals surface area contributed by atoms with Gasteiger partial charge in [0.1, 0.15) is 35.8 Å². The van der Waals surface area contributed by atoms with E-state index in [1.54, 1.807) is 18.2 Å². The highest BCUT2D eigenvalue weighted by molar-refractivity contribution is 5.48. The number of rotatable bonds is 15. The number of hydrogen-bond acceptors (Lipinski definition) is 8. The number of unbranched alkanes of at least 4 members (excludes halogenated alkanes) is 2. The van der Waals surface area contributed by atoms with Gasteiger partial charge in [0.2, 0.25) is 0 Å². The second-order valence-electron chi connectivity index (χ2n) is 8.32. The van der Waals surface area contributed by atoms with Crippen molar-refractivity contribution in [3.63, 3.8) is 0 Å². The fraction of sp³-hybridized carbons (Fsp3) is 0.600. The summed E-state index contributed by atoms with van der Waals surface area (Å²) in [6.07, 6.45) is 6.90. The first-order chi connectivity index (χ1) is 16.4. The zero-order chi connectivity index (χ0) is 25.0. The predicted octanol–water partition coefficient (Wildman–Crippen LogP) is 4.38. The van der Waals surface area contributed by atoms with E-state index < -0.39 is 22.7 Å². The molecule has 2 atom stereocenters. The molecule has 0 unspecified atom stereocenters. The topological polar surface area (TPSA) is 120 Å². The van der Waals surface area contributed by atoms with Crippen LogP contribution in [0, 0.1) is 10.1 Å². The minimum atomic E-state index is -0.946. The molecule has 0 aromatic heterocycles. The molecule has 9 heteroatoms. The number of fused-ring (bicyclic) bond motifs is 1. The van der Waals surface area contributed by atoms with Crippen molar-refractivity contribution in [3.05, 3.63) is 51.9 Å². The van der Waals surface area contributed by atoms with Crippen LogP contribution in [0.1, 0.15) is 70.9 Å². The van der Waals surface area contributed by atoms with Crippen LogP contribution < -0.4 is 10.1 Å². The van der Waals surface area contributed by atoms with Crippen LogP contribution in [0.25, 0.3) is 0 Å². The summed E-state index contributed by atoms with van der Waals surface area (Å²) >= 11 is 0. The zero-order valence-corrected chi connectivity index (χ0v) is 20.2. The average molecular weight is 477 g/mol. The molecule has 0 bridgehead atoms. The number of benzene rings is 1. The lowest BCUT2D eigenvalue weighted by atomic mass is 9.77.